The molecule has 0 saturated heterocycles. The van der Waals surface area contributed by atoms with E-state index in [0.29, 0.717) is 9.26 Å². The van der Waals surface area contributed by atoms with Crippen LogP contribution in [0.15, 0.2) is 18.2 Å². The summed E-state index contributed by atoms with van der Waals surface area (Å²) in [6.45, 7) is 3.62. The SMILES string of the molecule is CC(C)C(=O)Nc1ccc(F)cc1I. The molecule has 0 aliphatic carbocycles. The molecule has 0 saturated carbocycles. The molecule has 0 radical (unpaired) electrons. The average Bonchev–Trinajstić information content (AvgIpc) is 2.09. The minimum absolute atomic E-state index is 0.0606. The molecule has 0 fully saturated rings. The first kappa shape index (κ1) is 11.4. The van der Waals surface area contributed by atoms with Crippen molar-refractivity contribution in [2.45, 2.75) is 13.8 Å². The lowest BCUT2D eigenvalue weighted by molar-refractivity contribution is -0.118. The second-order valence-electron chi connectivity index (χ2n) is 3.27. The van der Waals surface area contributed by atoms with E-state index in [-0.39, 0.29) is 17.6 Å². The molecule has 76 valence electrons. The lowest BCUT2D eigenvalue weighted by atomic mass is 10.2. The summed E-state index contributed by atoms with van der Waals surface area (Å²) in [5.41, 5.74) is 0.658. The summed E-state index contributed by atoms with van der Waals surface area (Å²) in [6, 6.07) is 4.28. The minimum Gasteiger partial charge on any atom is -0.325 e. The summed E-state index contributed by atoms with van der Waals surface area (Å²) in [7, 11) is 0. The van der Waals surface area contributed by atoms with E-state index >= 15 is 0 Å². The largest absolute Gasteiger partial charge is 0.325 e. The van der Waals surface area contributed by atoms with E-state index in [0.717, 1.165) is 0 Å². The van der Waals surface area contributed by atoms with Gasteiger partial charge in [0.25, 0.3) is 0 Å². The van der Waals surface area contributed by atoms with Crippen LogP contribution in [0.5, 0.6) is 0 Å². The molecule has 0 spiro atoms. The van der Waals surface area contributed by atoms with E-state index in [2.05, 4.69) is 5.32 Å². The highest BCUT2D eigenvalue weighted by atomic mass is 127. The first-order valence-electron chi connectivity index (χ1n) is 4.26. The molecule has 0 unspecified atom stereocenters. The van der Waals surface area contributed by atoms with Crippen molar-refractivity contribution >= 4 is 34.2 Å². The number of halogens is 2. The molecule has 0 aliphatic heterocycles. The summed E-state index contributed by atoms with van der Waals surface area (Å²) >= 11 is 1.99. The smallest absolute Gasteiger partial charge is 0.226 e. The number of benzene rings is 1. The van der Waals surface area contributed by atoms with Gasteiger partial charge in [0.05, 0.1) is 5.69 Å². The zero-order valence-corrected chi connectivity index (χ0v) is 10.1. The molecule has 0 atom stereocenters. The normalized spacial score (nSPS) is 10.4. The summed E-state index contributed by atoms with van der Waals surface area (Å²) in [5, 5.41) is 2.72. The van der Waals surface area contributed by atoms with Crippen LogP contribution < -0.4 is 5.32 Å². The van der Waals surface area contributed by atoms with Crippen LogP contribution in [0.25, 0.3) is 0 Å². The molecule has 1 aromatic carbocycles. The number of hydrogen-bond acceptors (Lipinski definition) is 1. The fraction of sp³-hybridized carbons (Fsp3) is 0.300. The molecule has 0 bridgehead atoms. The molecule has 1 aromatic rings. The van der Waals surface area contributed by atoms with Crippen molar-refractivity contribution in [2.75, 3.05) is 5.32 Å². The second-order valence-corrected chi connectivity index (χ2v) is 4.43. The fourth-order valence-electron chi connectivity index (χ4n) is 0.868. The van der Waals surface area contributed by atoms with Gasteiger partial charge >= 0.3 is 0 Å². The van der Waals surface area contributed by atoms with Gasteiger partial charge in [-0.15, -0.1) is 0 Å². The zero-order chi connectivity index (χ0) is 10.7. The van der Waals surface area contributed by atoms with Gasteiger partial charge in [-0.1, -0.05) is 13.8 Å². The Morgan fingerprint density at radius 1 is 1.50 bits per heavy atom. The third kappa shape index (κ3) is 2.94. The molecule has 1 N–H and O–H groups in total. The summed E-state index contributed by atoms with van der Waals surface area (Å²) < 4.78 is 13.4. The van der Waals surface area contributed by atoms with Gasteiger partial charge in [-0.05, 0) is 40.8 Å². The first-order chi connectivity index (χ1) is 6.50. The van der Waals surface area contributed by atoms with Crippen LogP contribution >= 0.6 is 22.6 Å². The summed E-state index contributed by atoms with van der Waals surface area (Å²) in [5.74, 6) is -0.428. The van der Waals surface area contributed by atoms with E-state index in [1.165, 1.54) is 12.1 Å². The monoisotopic (exact) mass is 307 g/mol. The van der Waals surface area contributed by atoms with Crippen LogP contribution in [0.3, 0.4) is 0 Å². The van der Waals surface area contributed by atoms with Crippen LogP contribution in [-0.4, -0.2) is 5.91 Å². The number of hydrogen-bond donors (Lipinski definition) is 1. The Kier molecular flexibility index (Phi) is 3.86. The van der Waals surface area contributed by atoms with Crippen LogP contribution in [0.4, 0.5) is 10.1 Å². The maximum Gasteiger partial charge on any atom is 0.226 e. The predicted molar refractivity (Wildman–Crippen MR) is 62.6 cm³/mol. The maximum absolute atomic E-state index is 12.7. The van der Waals surface area contributed by atoms with Crippen molar-refractivity contribution in [1.82, 2.24) is 0 Å². The Morgan fingerprint density at radius 2 is 2.14 bits per heavy atom. The minimum atomic E-state index is -0.294. The van der Waals surface area contributed by atoms with Gasteiger partial charge < -0.3 is 5.32 Å². The van der Waals surface area contributed by atoms with Gasteiger partial charge in [0, 0.05) is 9.49 Å². The Bertz CT molecular complexity index is 352. The highest BCUT2D eigenvalue weighted by molar-refractivity contribution is 14.1. The fourth-order valence-corrected chi connectivity index (χ4v) is 1.48. The van der Waals surface area contributed by atoms with Crippen molar-refractivity contribution in [2.24, 2.45) is 5.92 Å². The van der Waals surface area contributed by atoms with Crippen LogP contribution in [0.1, 0.15) is 13.8 Å². The van der Waals surface area contributed by atoms with E-state index in [1.54, 1.807) is 6.07 Å². The highest BCUT2D eigenvalue weighted by Gasteiger charge is 2.09. The Labute approximate surface area is 96.0 Å². The standard InChI is InChI=1S/C10H11FINO/c1-6(2)10(14)13-9-4-3-7(11)5-8(9)12/h3-6H,1-2H3,(H,13,14). The van der Waals surface area contributed by atoms with Crippen molar-refractivity contribution in [1.29, 1.82) is 0 Å². The number of carbonyl (C=O) groups is 1. The van der Waals surface area contributed by atoms with E-state index in [1.807, 2.05) is 36.4 Å². The third-order valence-electron chi connectivity index (χ3n) is 1.71. The quantitative estimate of drug-likeness (QED) is 0.836. The number of carbonyl (C=O) groups excluding carboxylic acids is 1. The molecule has 14 heavy (non-hydrogen) atoms. The predicted octanol–water partition coefficient (Wildman–Crippen LogP) is 3.02. The molecule has 1 rings (SSSR count). The molecule has 0 aromatic heterocycles. The van der Waals surface area contributed by atoms with Gasteiger partial charge in [0.15, 0.2) is 0 Å². The number of amides is 1. The van der Waals surface area contributed by atoms with Crippen molar-refractivity contribution in [3.05, 3.63) is 27.6 Å². The molecular formula is C10H11FINO. The molecule has 2 nitrogen and oxygen atoms in total. The van der Waals surface area contributed by atoms with Crippen molar-refractivity contribution < 1.29 is 9.18 Å². The summed E-state index contributed by atoms with van der Waals surface area (Å²) in [4.78, 5) is 11.3. The molecule has 0 aliphatic rings. The van der Waals surface area contributed by atoms with Gasteiger partial charge in [0.1, 0.15) is 5.82 Å². The number of nitrogens with one attached hydrogen (secondary N) is 1. The topological polar surface area (TPSA) is 29.1 Å². The van der Waals surface area contributed by atoms with E-state index < -0.39 is 0 Å². The number of rotatable bonds is 2. The lowest BCUT2D eigenvalue weighted by Crippen LogP contribution is -2.18. The Hall–Kier alpha value is -0.650. The van der Waals surface area contributed by atoms with Crippen LogP contribution in [-0.2, 0) is 4.79 Å². The lowest BCUT2D eigenvalue weighted by Gasteiger charge is -2.09. The van der Waals surface area contributed by atoms with Crippen LogP contribution in [0, 0.1) is 15.3 Å². The van der Waals surface area contributed by atoms with Crippen molar-refractivity contribution in [3.8, 4) is 0 Å². The maximum atomic E-state index is 12.7. The van der Waals surface area contributed by atoms with Gasteiger partial charge in [0.2, 0.25) is 5.91 Å². The molecule has 4 heteroatoms. The second kappa shape index (κ2) is 4.72. The average molecular weight is 307 g/mol. The Morgan fingerprint density at radius 3 is 2.64 bits per heavy atom. The van der Waals surface area contributed by atoms with Gasteiger partial charge in [-0.3, -0.25) is 4.79 Å². The van der Waals surface area contributed by atoms with E-state index in [4.69, 9.17) is 0 Å². The summed E-state index contributed by atoms with van der Waals surface area (Å²) in [6.07, 6.45) is 0. The van der Waals surface area contributed by atoms with E-state index in [9.17, 15) is 9.18 Å². The number of anilines is 1. The molecule has 1 amide bonds. The molecule has 0 heterocycles. The Balaban J connectivity index is 2.82. The third-order valence-corrected chi connectivity index (χ3v) is 2.61. The first-order valence-corrected chi connectivity index (χ1v) is 5.34. The van der Waals surface area contributed by atoms with Gasteiger partial charge in [-0.2, -0.15) is 0 Å². The highest BCUT2D eigenvalue weighted by Crippen LogP contribution is 2.19. The van der Waals surface area contributed by atoms with Crippen LogP contribution in [0.2, 0.25) is 0 Å². The zero-order valence-electron chi connectivity index (χ0n) is 7.97. The van der Waals surface area contributed by atoms with Gasteiger partial charge in [-0.25, -0.2) is 4.39 Å². The molecular weight excluding hydrogens is 296 g/mol. The van der Waals surface area contributed by atoms with Crippen molar-refractivity contribution in [3.63, 3.8) is 0 Å².